The van der Waals surface area contributed by atoms with Crippen LogP contribution >= 0.6 is 0 Å². The minimum absolute atomic E-state index is 0.0334. The van der Waals surface area contributed by atoms with Crippen LogP contribution in [0.1, 0.15) is 23.8 Å². The second-order valence-corrected chi connectivity index (χ2v) is 4.03. The van der Waals surface area contributed by atoms with Crippen molar-refractivity contribution in [2.24, 2.45) is 0 Å². The molecular formula is C13H13NO2. The van der Waals surface area contributed by atoms with E-state index in [4.69, 9.17) is 14.9 Å². The zero-order valence-electron chi connectivity index (χ0n) is 8.85. The average molecular weight is 215 g/mol. The minimum Gasteiger partial charge on any atom is -0.482 e. The van der Waals surface area contributed by atoms with Crippen LogP contribution in [-0.4, -0.2) is 0 Å². The Bertz CT molecular complexity index is 491. The second kappa shape index (κ2) is 3.59. The molecule has 0 saturated carbocycles. The zero-order valence-corrected chi connectivity index (χ0v) is 8.85. The van der Waals surface area contributed by atoms with E-state index in [9.17, 15) is 0 Å². The summed E-state index contributed by atoms with van der Waals surface area (Å²) in [6, 6.07) is 9.61. The molecule has 3 heteroatoms. The van der Waals surface area contributed by atoms with Gasteiger partial charge in [0, 0.05) is 5.69 Å². The van der Waals surface area contributed by atoms with Crippen molar-refractivity contribution in [2.75, 3.05) is 5.73 Å². The van der Waals surface area contributed by atoms with Crippen molar-refractivity contribution >= 4 is 5.69 Å². The van der Waals surface area contributed by atoms with Gasteiger partial charge in [-0.25, -0.2) is 0 Å². The molecule has 1 aromatic carbocycles. The Morgan fingerprint density at radius 2 is 2.19 bits per heavy atom. The van der Waals surface area contributed by atoms with Crippen LogP contribution in [0, 0.1) is 0 Å². The van der Waals surface area contributed by atoms with Gasteiger partial charge in [0.25, 0.3) is 0 Å². The number of furan rings is 1. The molecule has 0 spiro atoms. The van der Waals surface area contributed by atoms with Gasteiger partial charge in [0.1, 0.15) is 11.5 Å². The molecule has 0 amide bonds. The fourth-order valence-electron chi connectivity index (χ4n) is 2.08. The van der Waals surface area contributed by atoms with Gasteiger partial charge >= 0.3 is 0 Å². The third-order valence-corrected chi connectivity index (χ3v) is 2.89. The minimum atomic E-state index is 0.0334. The molecule has 1 aliphatic heterocycles. The molecule has 2 aromatic rings. The van der Waals surface area contributed by atoms with E-state index in [1.54, 1.807) is 6.26 Å². The molecule has 1 atom stereocenters. The van der Waals surface area contributed by atoms with Crippen LogP contribution in [0.5, 0.6) is 5.75 Å². The molecule has 0 fully saturated rings. The molecular weight excluding hydrogens is 202 g/mol. The van der Waals surface area contributed by atoms with Crippen molar-refractivity contribution < 1.29 is 9.15 Å². The van der Waals surface area contributed by atoms with Crippen LogP contribution in [0.4, 0.5) is 5.69 Å². The maximum absolute atomic E-state index is 5.88. The highest BCUT2D eigenvalue weighted by Crippen LogP contribution is 2.35. The van der Waals surface area contributed by atoms with E-state index in [0.29, 0.717) is 0 Å². The Balaban J connectivity index is 1.89. The summed E-state index contributed by atoms with van der Waals surface area (Å²) in [5.74, 6) is 1.81. The highest BCUT2D eigenvalue weighted by Gasteiger charge is 2.23. The van der Waals surface area contributed by atoms with Gasteiger partial charge in [-0.05, 0) is 48.7 Å². The normalized spacial score (nSPS) is 18.9. The lowest BCUT2D eigenvalue weighted by molar-refractivity contribution is 0.150. The number of hydrogen-bond donors (Lipinski definition) is 1. The predicted octanol–water partition coefficient (Wildman–Crippen LogP) is 2.93. The summed E-state index contributed by atoms with van der Waals surface area (Å²) >= 11 is 0. The molecule has 3 rings (SSSR count). The van der Waals surface area contributed by atoms with E-state index in [2.05, 4.69) is 0 Å². The predicted molar refractivity (Wildman–Crippen MR) is 61.3 cm³/mol. The van der Waals surface area contributed by atoms with E-state index in [-0.39, 0.29) is 6.10 Å². The molecule has 0 saturated heterocycles. The quantitative estimate of drug-likeness (QED) is 0.744. The van der Waals surface area contributed by atoms with Crippen molar-refractivity contribution in [3.63, 3.8) is 0 Å². The van der Waals surface area contributed by atoms with Gasteiger partial charge in [0.2, 0.25) is 0 Å². The van der Waals surface area contributed by atoms with Crippen LogP contribution in [0.25, 0.3) is 0 Å². The van der Waals surface area contributed by atoms with Gasteiger partial charge in [-0.15, -0.1) is 0 Å². The topological polar surface area (TPSA) is 48.4 Å². The summed E-state index contributed by atoms with van der Waals surface area (Å²) in [6.07, 6.45) is 3.62. The van der Waals surface area contributed by atoms with Crippen LogP contribution in [0.3, 0.4) is 0 Å². The van der Waals surface area contributed by atoms with E-state index >= 15 is 0 Å². The highest BCUT2D eigenvalue weighted by atomic mass is 16.5. The lowest BCUT2D eigenvalue weighted by Crippen LogP contribution is -2.14. The lowest BCUT2D eigenvalue weighted by atomic mass is 10.0. The van der Waals surface area contributed by atoms with E-state index in [1.165, 1.54) is 5.56 Å². The first-order chi connectivity index (χ1) is 7.83. The van der Waals surface area contributed by atoms with Crippen molar-refractivity contribution in [3.05, 3.63) is 47.9 Å². The highest BCUT2D eigenvalue weighted by molar-refractivity contribution is 5.48. The molecule has 2 N–H and O–H groups in total. The fourth-order valence-corrected chi connectivity index (χ4v) is 2.08. The zero-order chi connectivity index (χ0) is 11.0. The van der Waals surface area contributed by atoms with Gasteiger partial charge in [-0.2, -0.15) is 0 Å². The van der Waals surface area contributed by atoms with Crippen molar-refractivity contribution in [1.82, 2.24) is 0 Å². The molecule has 1 aliphatic rings. The number of fused-ring (bicyclic) bond motifs is 1. The number of rotatable bonds is 1. The lowest BCUT2D eigenvalue weighted by Gasteiger charge is -2.24. The summed E-state index contributed by atoms with van der Waals surface area (Å²) in [5, 5.41) is 0. The summed E-state index contributed by atoms with van der Waals surface area (Å²) < 4.78 is 11.2. The van der Waals surface area contributed by atoms with Crippen LogP contribution < -0.4 is 10.5 Å². The van der Waals surface area contributed by atoms with Gasteiger partial charge in [-0.3, -0.25) is 0 Å². The van der Waals surface area contributed by atoms with Crippen LogP contribution in [0.15, 0.2) is 41.0 Å². The SMILES string of the molecule is Nc1ccc2c(c1)CCC(c1ccco1)O2. The number of hydrogen-bond acceptors (Lipinski definition) is 3. The number of nitrogen functional groups attached to an aromatic ring is 1. The summed E-state index contributed by atoms with van der Waals surface area (Å²) in [4.78, 5) is 0. The molecule has 0 bridgehead atoms. The van der Waals surface area contributed by atoms with Crippen molar-refractivity contribution in [2.45, 2.75) is 18.9 Å². The first-order valence-corrected chi connectivity index (χ1v) is 5.41. The maximum atomic E-state index is 5.88. The Kier molecular flexibility index (Phi) is 2.10. The Labute approximate surface area is 93.8 Å². The maximum Gasteiger partial charge on any atom is 0.156 e. The average Bonchev–Trinajstić information content (AvgIpc) is 2.82. The smallest absolute Gasteiger partial charge is 0.156 e. The third-order valence-electron chi connectivity index (χ3n) is 2.89. The number of benzene rings is 1. The van der Waals surface area contributed by atoms with Gasteiger partial charge in [0.05, 0.1) is 6.26 Å². The molecule has 1 aromatic heterocycles. The number of ether oxygens (including phenoxy) is 1. The molecule has 16 heavy (non-hydrogen) atoms. The fraction of sp³-hybridized carbons (Fsp3) is 0.231. The Morgan fingerprint density at radius 1 is 1.25 bits per heavy atom. The number of nitrogens with two attached hydrogens (primary N) is 1. The molecule has 0 radical (unpaired) electrons. The number of aryl methyl sites for hydroxylation is 1. The summed E-state index contributed by atoms with van der Waals surface area (Å²) in [5.41, 5.74) is 7.71. The number of anilines is 1. The van der Waals surface area contributed by atoms with E-state index in [1.807, 2.05) is 30.3 Å². The van der Waals surface area contributed by atoms with E-state index < -0.39 is 0 Å². The summed E-state index contributed by atoms with van der Waals surface area (Å²) in [6.45, 7) is 0. The van der Waals surface area contributed by atoms with Crippen LogP contribution in [-0.2, 0) is 6.42 Å². The summed E-state index contributed by atoms with van der Waals surface area (Å²) in [7, 11) is 0. The van der Waals surface area contributed by atoms with Crippen molar-refractivity contribution in [1.29, 1.82) is 0 Å². The molecule has 0 aliphatic carbocycles. The van der Waals surface area contributed by atoms with Gasteiger partial charge < -0.3 is 14.9 Å². The molecule has 3 nitrogen and oxygen atoms in total. The monoisotopic (exact) mass is 215 g/mol. The van der Waals surface area contributed by atoms with Crippen molar-refractivity contribution in [3.8, 4) is 5.75 Å². The molecule has 1 unspecified atom stereocenters. The van der Waals surface area contributed by atoms with E-state index in [0.717, 1.165) is 30.0 Å². The molecule has 82 valence electrons. The Morgan fingerprint density at radius 3 is 3.00 bits per heavy atom. The first kappa shape index (κ1) is 9.33. The van der Waals surface area contributed by atoms with Gasteiger partial charge in [-0.1, -0.05) is 0 Å². The molecule has 2 heterocycles. The van der Waals surface area contributed by atoms with Gasteiger partial charge in [0.15, 0.2) is 6.10 Å². The first-order valence-electron chi connectivity index (χ1n) is 5.41. The Hall–Kier alpha value is -1.90. The van der Waals surface area contributed by atoms with Crippen LogP contribution in [0.2, 0.25) is 0 Å². The third kappa shape index (κ3) is 1.54. The second-order valence-electron chi connectivity index (χ2n) is 4.03. The standard InChI is InChI=1S/C13H13NO2/c14-10-4-6-11-9(8-10)3-5-13(16-11)12-2-1-7-15-12/h1-2,4,6-8,13H,3,5,14H2. The largest absolute Gasteiger partial charge is 0.482 e.